The van der Waals surface area contributed by atoms with E-state index in [1.54, 1.807) is 0 Å². The van der Waals surface area contributed by atoms with Crippen LogP contribution in [0.1, 0.15) is 16.7 Å². The molecule has 0 aromatic heterocycles. The number of nitrogens with one attached hydrogen (secondary N) is 1. The Kier molecular flexibility index (Phi) is 7.61. The topological polar surface area (TPSA) is 78.8 Å². The molecule has 0 aliphatic heterocycles. The molecule has 24 heavy (non-hydrogen) atoms. The molecule has 0 saturated carbocycles. The number of hydrogen-bond donors (Lipinski definition) is 3. The second kappa shape index (κ2) is 9.46. The van der Waals surface area contributed by atoms with Gasteiger partial charge in [-0.3, -0.25) is 4.52 Å². The van der Waals surface area contributed by atoms with Gasteiger partial charge in [-0.1, -0.05) is 48.6 Å². The molecule has 2 rings (SSSR count). The Labute approximate surface area is 155 Å². The van der Waals surface area contributed by atoms with E-state index in [1.165, 1.54) is 3.57 Å². The number of phosphoric acid groups is 1. The number of phosphoric ester groups is 1. The Morgan fingerprint density at radius 3 is 2.08 bits per heavy atom. The SMILES string of the molecule is O=P(O)(O)OCCNCc1ccc(/C=C/c2ccc(I)cc2)cc1. The van der Waals surface area contributed by atoms with Crippen molar-refractivity contribution in [2.45, 2.75) is 6.54 Å². The van der Waals surface area contributed by atoms with Gasteiger partial charge in [-0.25, -0.2) is 4.57 Å². The maximum Gasteiger partial charge on any atom is 0.469 e. The minimum atomic E-state index is -4.37. The molecular weight excluding hydrogens is 440 g/mol. The minimum absolute atomic E-state index is 0.0267. The van der Waals surface area contributed by atoms with E-state index >= 15 is 0 Å². The van der Waals surface area contributed by atoms with Crippen molar-refractivity contribution in [1.82, 2.24) is 5.32 Å². The zero-order chi connectivity index (χ0) is 17.4. The molecule has 0 bridgehead atoms. The fraction of sp³-hybridized carbons (Fsp3) is 0.176. The highest BCUT2D eigenvalue weighted by Crippen LogP contribution is 2.35. The zero-order valence-electron chi connectivity index (χ0n) is 12.9. The van der Waals surface area contributed by atoms with E-state index in [-0.39, 0.29) is 6.61 Å². The summed E-state index contributed by atoms with van der Waals surface area (Å²) in [5.74, 6) is 0. The Morgan fingerprint density at radius 2 is 1.54 bits per heavy atom. The summed E-state index contributed by atoms with van der Waals surface area (Å²) in [6, 6.07) is 16.4. The summed E-state index contributed by atoms with van der Waals surface area (Å²) in [5, 5.41) is 3.07. The fourth-order valence-electron chi connectivity index (χ4n) is 1.98. The molecule has 0 unspecified atom stereocenters. The second-order valence-electron chi connectivity index (χ2n) is 5.13. The van der Waals surface area contributed by atoms with E-state index in [4.69, 9.17) is 9.79 Å². The van der Waals surface area contributed by atoms with Crippen LogP contribution in [0.5, 0.6) is 0 Å². The standard InChI is InChI=1S/C17H19INO4P/c18-17-9-7-15(8-10-17)2-1-14-3-5-16(6-4-14)13-19-11-12-23-24(20,21)22/h1-10,19H,11-13H2,(H2,20,21,22)/b2-1+. The molecule has 0 amide bonds. The predicted molar refractivity (Wildman–Crippen MR) is 104 cm³/mol. The summed E-state index contributed by atoms with van der Waals surface area (Å²) in [6.07, 6.45) is 4.13. The first-order valence-electron chi connectivity index (χ1n) is 7.36. The van der Waals surface area contributed by atoms with Crippen molar-refractivity contribution in [2.24, 2.45) is 0 Å². The first-order valence-corrected chi connectivity index (χ1v) is 9.97. The molecule has 3 N–H and O–H groups in total. The van der Waals surface area contributed by atoms with E-state index in [0.717, 1.165) is 16.7 Å². The van der Waals surface area contributed by atoms with Crippen LogP contribution in [0, 0.1) is 3.57 Å². The van der Waals surface area contributed by atoms with Gasteiger partial charge in [0, 0.05) is 16.7 Å². The molecule has 128 valence electrons. The number of benzene rings is 2. The Balaban J connectivity index is 1.78. The molecule has 2 aromatic rings. The van der Waals surface area contributed by atoms with Crippen molar-refractivity contribution in [1.29, 1.82) is 0 Å². The normalized spacial score (nSPS) is 12.0. The van der Waals surface area contributed by atoms with Crippen molar-refractivity contribution in [3.63, 3.8) is 0 Å². The molecule has 7 heteroatoms. The first-order chi connectivity index (χ1) is 11.4. The van der Waals surface area contributed by atoms with Gasteiger partial charge in [-0.2, -0.15) is 0 Å². The van der Waals surface area contributed by atoms with Crippen molar-refractivity contribution >= 4 is 42.6 Å². The van der Waals surface area contributed by atoms with E-state index < -0.39 is 7.82 Å². The van der Waals surface area contributed by atoms with Crippen LogP contribution in [0.4, 0.5) is 0 Å². The van der Waals surface area contributed by atoms with E-state index in [2.05, 4.69) is 68.8 Å². The number of halogens is 1. The highest BCUT2D eigenvalue weighted by Gasteiger charge is 2.12. The molecule has 2 aromatic carbocycles. The lowest BCUT2D eigenvalue weighted by Crippen LogP contribution is -2.18. The Bertz CT molecular complexity index is 710. The first kappa shape index (κ1) is 19.3. The number of rotatable bonds is 8. The molecule has 0 atom stereocenters. The smallest absolute Gasteiger partial charge is 0.310 e. The summed E-state index contributed by atoms with van der Waals surface area (Å²) in [5.41, 5.74) is 3.37. The lowest BCUT2D eigenvalue weighted by molar-refractivity contribution is 0.197. The van der Waals surface area contributed by atoms with Crippen LogP contribution in [0.15, 0.2) is 48.5 Å². The van der Waals surface area contributed by atoms with Gasteiger partial charge in [0.2, 0.25) is 0 Å². The molecule has 0 fully saturated rings. The van der Waals surface area contributed by atoms with Crippen LogP contribution >= 0.6 is 30.4 Å². The third-order valence-corrected chi connectivity index (χ3v) is 4.42. The predicted octanol–water partition coefficient (Wildman–Crippen LogP) is 3.66. The minimum Gasteiger partial charge on any atom is -0.310 e. The second-order valence-corrected chi connectivity index (χ2v) is 7.61. The highest BCUT2D eigenvalue weighted by atomic mass is 127. The maximum atomic E-state index is 10.5. The van der Waals surface area contributed by atoms with Crippen molar-refractivity contribution < 1.29 is 18.9 Å². The van der Waals surface area contributed by atoms with Gasteiger partial charge in [0.15, 0.2) is 0 Å². The van der Waals surface area contributed by atoms with E-state index in [0.29, 0.717) is 13.1 Å². The molecule has 0 radical (unpaired) electrons. The van der Waals surface area contributed by atoms with Gasteiger partial charge in [0.25, 0.3) is 0 Å². The van der Waals surface area contributed by atoms with Crippen molar-refractivity contribution in [2.75, 3.05) is 13.2 Å². The van der Waals surface area contributed by atoms with Crippen LogP contribution in [0.25, 0.3) is 12.2 Å². The summed E-state index contributed by atoms with van der Waals surface area (Å²) >= 11 is 2.28. The third-order valence-electron chi connectivity index (χ3n) is 3.19. The molecule has 0 aliphatic rings. The summed E-state index contributed by atoms with van der Waals surface area (Å²) < 4.78 is 16.1. The van der Waals surface area contributed by atoms with Crippen LogP contribution in [0.3, 0.4) is 0 Å². The van der Waals surface area contributed by atoms with E-state index in [1.807, 2.05) is 24.3 Å². The Morgan fingerprint density at radius 1 is 1.00 bits per heavy atom. The zero-order valence-corrected chi connectivity index (χ0v) is 16.0. The Hall–Kier alpha value is -1.02. The van der Waals surface area contributed by atoms with Gasteiger partial charge < -0.3 is 15.1 Å². The monoisotopic (exact) mass is 459 g/mol. The summed E-state index contributed by atoms with van der Waals surface area (Å²) in [6.45, 7) is 0.965. The third kappa shape index (κ3) is 7.70. The van der Waals surface area contributed by atoms with Gasteiger partial charge in [-0.15, -0.1) is 0 Å². The molecule has 0 aliphatic carbocycles. The highest BCUT2D eigenvalue weighted by molar-refractivity contribution is 14.1. The maximum absolute atomic E-state index is 10.5. The van der Waals surface area contributed by atoms with Crippen molar-refractivity contribution in [3.8, 4) is 0 Å². The lowest BCUT2D eigenvalue weighted by Gasteiger charge is -2.07. The van der Waals surface area contributed by atoms with E-state index in [9.17, 15) is 4.57 Å². The molecule has 0 heterocycles. The summed E-state index contributed by atoms with van der Waals surface area (Å²) in [4.78, 5) is 17.1. The molecule has 5 nitrogen and oxygen atoms in total. The molecule has 0 saturated heterocycles. The largest absolute Gasteiger partial charge is 0.469 e. The van der Waals surface area contributed by atoms with Crippen LogP contribution in [-0.4, -0.2) is 22.9 Å². The van der Waals surface area contributed by atoms with Gasteiger partial charge >= 0.3 is 7.82 Å². The fourth-order valence-corrected chi connectivity index (χ4v) is 2.67. The van der Waals surface area contributed by atoms with Gasteiger partial charge in [0.05, 0.1) is 6.61 Å². The van der Waals surface area contributed by atoms with Gasteiger partial charge in [0.1, 0.15) is 0 Å². The van der Waals surface area contributed by atoms with Crippen LogP contribution in [-0.2, 0) is 15.6 Å². The quantitative estimate of drug-likeness (QED) is 0.243. The van der Waals surface area contributed by atoms with Gasteiger partial charge in [-0.05, 0) is 51.4 Å². The molecule has 0 spiro atoms. The average Bonchev–Trinajstić information content (AvgIpc) is 2.54. The molecular formula is C17H19INO4P. The van der Waals surface area contributed by atoms with Crippen molar-refractivity contribution in [3.05, 3.63) is 68.8 Å². The average molecular weight is 459 g/mol. The summed E-state index contributed by atoms with van der Waals surface area (Å²) in [7, 11) is -4.37. The van der Waals surface area contributed by atoms with Crippen LogP contribution in [0.2, 0.25) is 0 Å². The number of hydrogen-bond acceptors (Lipinski definition) is 3. The lowest BCUT2D eigenvalue weighted by atomic mass is 10.1. The van der Waals surface area contributed by atoms with Crippen LogP contribution < -0.4 is 5.32 Å².